The molecule has 3 heteroatoms. The highest BCUT2D eigenvalue weighted by Crippen LogP contribution is 2.51. The number of thiophene rings is 1. The molecule has 11 aromatic rings. The van der Waals surface area contributed by atoms with Crippen LogP contribution in [-0.4, -0.2) is 0 Å². The normalized spacial score (nSPS) is 11.6. The van der Waals surface area contributed by atoms with Crippen molar-refractivity contribution >= 4 is 81.3 Å². The molecular formula is C52H33NOS. The van der Waals surface area contributed by atoms with Gasteiger partial charge in [-0.15, -0.1) is 11.3 Å². The van der Waals surface area contributed by atoms with Gasteiger partial charge in [-0.25, -0.2) is 0 Å². The molecule has 258 valence electrons. The number of hydrogen-bond acceptors (Lipinski definition) is 3. The summed E-state index contributed by atoms with van der Waals surface area (Å²) in [5.41, 5.74) is 12.1. The van der Waals surface area contributed by atoms with Crippen molar-refractivity contribution in [3.63, 3.8) is 0 Å². The zero-order chi connectivity index (χ0) is 36.3. The van der Waals surface area contributed by atoms with Gasteiger partial charge in [-0.2, -0.15) is 0 Å². The molecule has 0 aliphatic rings. The zero-order valence-corrected chi connectivity index (χ0v) is 30.6. The Hall–Kier alpha value is -6.94. The molecule has 0 fully saturated rings. The molecule has 0 saturated carbocycles. The van der Waals surface area contributed by atoms with Gasteiger partial charge in [0.25, 0.3) is 0 Å². The summed E-state index contributed by atoms with van der Waals surface area (Å²) < 4.78 is 9.48. The molecule has 0 amide bonds. The average molecular weight is 720 g/mol. The highest BCUT2D eigenvalue weighted by molar-refractivity contribution is 7.26. The van der Waals surface area contributed by atoms with Crippen LogP contribution in [0.5, 0.6) is 0 Å². The molecule has 9 aromatic carbocycles. The minimum absolute atomic E-state index is 0.863. The summed E-state index contributed by atoms with van der Waals surface area (Å²) in [7, 11) is 0. The lowest BCUT2D eigenvalue weighted by molar-refractivity contribution is 0.669. The van der Waals surface area contributed by atoms with E-state index in [2.05, 4.69) is 205 Å². The Bertz CT molecular complexity index is 3200. The van der Waals surface area contributed by atoms with Crippen molar-refractivity contribution in [1.82, 2.24) is 0 Å². The molecule has 0 spiro atoms. The predicted octanol–water partition coefficient (Wildman–Crippen LogP) is 15.6. The molecule has 0 aliphatic carbocycles. The first-order valence-corrected chi connectivity index (χ1v) is 19.5. The molecule has 2 heterocycles. The number of hydrogen-bond donors (Lipinski definition) is 0. The topological polar surface area (TPSA) is 16.4 Å². The second-order valence-corrected chi connectivity index (χ2v) is 15.1. The van der Waals surface area contributed by atoms with Gasteiger partial charge >= 0.3 is 0 Å². The number of furan rings is 1. The van der Waals surface area contributed by atoms with Gasteiger partial charge in [0, 0.05) is 36.6 Å². The van der Waals surface area contributed by atoms with Crippen molar-refractivity contribution in [1.29, 1.82) is 0 Å². The van der Waals surface area contributed by atoms with Crippen LogP contribution < -0.4 is 4.90 Å². The van der Waals surface area contributed by atoms with E-state index < -0.39 is 0 Å². The van der Waals surface area contributed by atoms with Crippen LogP contribution in [0.3, 0.4) is 0 Å². The molecule has 0 atom stereocenters. The Kier molecular flexibility index (Phi) is 7.39. The van der Waals surface area contributed by atoms with Gasteiger partial charge in [-0.1, -0.05) is 158 Å². The van der Waals surface area contributed by atoms with Gasteiger partial charge in [-0.3, -0.25) is 0 Å². The Morgan fingerprint density at radius 3 is 1.80 bits per heavy atom. The SMILES string of the molecule is c1ccc(-c2ccc3c(c2)oc2c(N(c4ccc5ccccc5c4)c4ccc(-c5ccccc5)c5sc6cc(-c7ccccc7)ccc6c45)cccc23)cc1. The summed E-state index contributed by atoms with van der Waals surface area (Å²) in [6, 6.07) is 72.1. The van der Waals surface area contributed by atoms with Gasteiger partial charge in [0.1, 0.15) is 5.58 Å². The van der Waals surface area contributed by atoms with Gasteiger partial charge in [0.2, 0.25) is 0 Å². The van der Waals surface area contributed by atoms with E-state index in [1.54, 1.807) is 0 Å². The van der Waals surface area contributed by atoms with E-state index in [1.807, 2.05) is 11.3 Å². The van der Waals surface area contributed by atoms with Crippen molar-refractivity contribution in [3.05, 3.63) is 200 Å². The van der Waals surface area contributed by atoms with Crippen LogP contribution in [0.1, 0.15) is 0 Å². The van der Waals surface area contributed by atoms with E-state index >= 15 is 0 Å². The summed E-state index contributed by atoms with van der Waals surface area (Å²) in [4.78, 5) is 2.42. The predicted molar refractivity (Wildman–Crippen MR) is 235 cm³/mol. The van der Waals surface area contributed by atoms with Crippen molar-refractivity contribution in [2.75, 3.05) is 4.90 Å². The van der Waals surface area contributed by atoms with E-state index in [1.165, 1.54) is 58.8 Å². The third-order valence-corrected chi connectivity index (χ3v) is 12.0. The lowest BCUT2D eigenvalue weighted by atomic mass is 9.98. The van der Waals surface area contributed by atoms with Crippen LogP contribution in [0.15, 0.2) is 205 Å². The average Bonchev–Trinajstić information content (AvgIpc) is 3.83. The minimum Gasteiger partial charge on any atom is -0.454 e. The lowest BCUT2D eigenvalue weighted by Gasteiger charge is -2.27. The summed E-state index contributed by atoms with van der Waals surface area (Å²) in [5, 5.41) is 7.07. The second kappa shape index (κ2) is 12.9. The summed E-state index contributed by atoms with van der Waals surface area (Å²) >= 11 is 1.87. The zero-order valence-electron chi connectivity index (χ0n) is 29.8. The van der Waals surface area contributed by atoms with E-state index in [9.17, 15) is 0 Å². The maximum Gasteiger partial charge on any atom is 0.159 e. The molecule has 2 aromatic heterocycles. The van der Waals surface area contributed by atoms with Crippen LogP contribution in [0.4, 0.5) is 17.1 Å². The van der Waals surface area contributed by atoms with E-state index in [0.717, 1.165) is 44.6 Å². The van der Waals surface area contributed by atoms with Crippen molar-refractivity contribution in [2.45, 2.75) is 0 Å². The highest BCUT2D eigenvalue weighted by atomic mass is 32.1. The lowest BCUT2D eigenvalue weighted by Crippen LogP contribution is -2.10. The number of rotatable bonds is 6. The fraction of sp³-hybridized carbons (Fsp3) is 0. The molecule has 55 heavy (non-hydrogen) atoms. The third kappa shape index (κ3) is 5.32. The van der Waals surface area contributed by atoms with Crippen molar-refractivity contribution in [3.8, 4) is 33.4 Å². The van der Waals surface area contributed by atoms with Crippen LogP contribution in [-0.2, 0) is 0 Å². The first-order valence-electron chi connectivity index (χ1n) is 18.7. The first kappa shape index (κ1) is 31.6. The van der Waals surface area contributed by atoms with Crippen LogP contribution in [0.25, 0.3) is 86.3 Å². The fourth-order valence-electron chi connectivity index (χ4n) is 8.20. The number of para-hydroxylation sites is 1. The molecule has 0 aliphatic heterocycles. The molecule has 0 radical (unpaired) electrons. The van der Waals surface area contributed by atoms with E-state index in [0.29, 0.717) is 0 Å². The summed E-state index contributed by atoms with van der Waals surface area (Å²) in [6.07, 6.45) is 0. The molecule has 0 unspecified atom stereocenters. The number of fused-ring (bicyclic) bond motifs is 7. The van der Waals surface area contributed by atoms with Gasteiger partial charge in [-0.05, 0) is 86.6 Å². The highest BCUT2D eigenvalue weighted by Gasteiger charge is 2.24. The Balaban J connectivity index is 1.20. The molecule has 2 nitrogen and oxygen atoms in total. The van der Waals surface area contributed by atoms with E-state index in [4.69, 9.17) is 4.42 Å². The Morgan fingerprint density at radius 1 is 0.400 bits per heavy atom. The summed E-state index contributed by atoms with van der Waals surface area (Å²) in [5.74, 6) is 0. The monoisotopic (exact) mass is 719 g/mol. The second-order valence-electron chi connectivity index (χ2n) is 14.1. The van der Waals surface area contributed by atoms with Gasteiger partial charge in [0.05, 0.1) is 11.4 Å². The van der Waals surface area contributed by atoms with E-state index in [-0.39, 0.29) is 0 Å². The van der Waals surface area contributed by atoms with Crippen molar-refractivity contribution in [2.24, 2.45) is 0 Å². The first-order chi connectivity index (χ1) is 27.3. The molecule has 0 N–H and O–H groups in total. The summed E-state index contributed by atoms with van der Waals surface area (Å²) in [6.45, 7) is 0. The smallest absolute Gasteiger partial charge is 0.159 e. The molecular weight excluding hydrogens is 687 g/mol. The molecule has 11 rings (SSSR count). The standard InChI is InChI=1S/C52H33NOS/c1-4-13-34(14-5-1)39-24-27-43-44-21-12-22-47(51(44)54-48(43)32-39)53(41-26-23-36-17-10-11-20-38(36)31-41)46-30-29-42(37-18-8-3-9-19-37)52-50(46)45-28-25-40(33-49(45)55-52)35-15-6-2-7-16-35/h1-33H. The minimum atomic E-state index is 0.863. The van der Waals surface area contributed by atoms with Crippen LogP contribution in [0.2, 0.25) is 0 Å². The van der Waals surface area contributed by atoms with Crippen LogP contribution in [0, 0.1) is 0 Å². The fourth-order valence-corrected chi connectivity index (χ4v) is 9.50. The largest absolute Gasteiger partial charge is 0.454 e. The van der Waals surface area contributed by atoms with Gasteiger partial charge < -0.3 is 9.32 Å². The Morgan fingerprint density at radius 2 is 1.05 bits per heavy atom. The number of benzene rings is 9. The van der Waals surface area contributed by atoms with Crippen LogP contribution >= 0.6 is 11.3 Å². The number of anilines is 3. The van der Waals surface area contributed by atoms with Gasteiger partial charge in [0.15, 0.2) is 5.58 Å². The third-order valence-electron chi connectivity index (χ3n) is 10.8. The molecule has 0 bridgehead atoms. The number of nitrogens with zero attached hydrogens (tertiary/aromatic N) is 1. The Labute approximate surface area is 322 Å². The molecule has 0 saturated heterocycles. The maximum absolute atomic E-state index is 6.96. The quantitative estimate of drug-likeness (QED) is 0.170. The maximum atomic E-state index is 6.96. The van der Waals surface area contributed by atoms with Crippen molar-refractivity contribution < 1.29 is 4.42 Å².